The van der Waals surface area contributed by atoms with Gasteiger partial charge in [-0.3, -0.25) is 19.7 Å². The second kappa shape index (κ2) is 12.0. The molecule has 7 nitrogen and oxygen atoms in total. The molecule has 1 aromatic carbocycles. The highest BCUT2D eigenvalue weighted by molar-refractivity contribution is 5.74. The number of nitrogens with zero attached hydrogens (tertiary/aromatic N) is 1. The van der Waals surface area contributed by atoms with Gasteiger partial charge in [-0.15, -0.1) is 0 Å². The Balaban J connectivity index is 2.24. The quantitative estimate of drug-likeness (QED) is 0.235. The van der Waals surface area contributed by atoms with Crippen molar-refractivity contribution in [2.75, 3.05) is 6.61 Å². The predicted molar refractivity (Wildman–Crippen MR) is 96.8 cm³/mol. The molecular weight excluding hydrogens is 338 g/mol. The molecule has 0 bridgehead atoms. The smallest absolute Gasteiger partial charge is 0.311 e. The standard InChI is InChI=1S/C19H27NO6/c1-3-5-7-15(4-2)14-25-18(21)8-6-9-19(22)26-17-12-10-16(11-13-17)20(23)24/h10-13,15H,3-9,14H2,1-2H3. The van der Waals surface area contributed by atoms with E-state index in [1.54, 1.807) is 0 Å². The van der Waals surface area contributed by atoms with Gasteiger partial charge < -0.3 is 9.47 Å². The van der Waals surface area contributed by atoms with Crippen molar-refractivity contribution in [1.82, 2.24) is 0 Å². The summed E-state index contributed by atoms with van der Waals surface area (Å²) in [4.78, 5) is 33.5. The summed E-state index contributed by atoms with van der Waals surface area (Å²) in [5, 5.41) is 10.6. The zero-order valence-corrected chi connectivity index (χ0v) is 15.4. The molecule has 0 heterocycles. The van der Waals surface area contributed by atoms with Crippen LogP contribution in [0.15, 0.2) is 24.3 Å². The lowest BCUT2D eigenvalue weighted by Crippen LogP contribution is -2.14. The van der Waals surface area contributed by atoms with Crippen molar-refractivity contribution in [1.29, 1.82) is 0 Å². The van der Waals surface area contributed by atoms with E-state index in [-0.39, 0.29) is 30.2 Å². The number of rotatable bonds is 12. The van der Waals surface area contributed by atoms with E-state index >= 15 is 0 Å². The highest BCUT2D eigenvalue weighted by Gasteiger charge is 2.12. The lowest BCUT2D eigenvalue weighted by Gasteiger charge is -2.14. The minimum absolute atomic E-state index is 0.0723. The Morgan fingerprint density at radius 2 is 1.73 bits per heavy atom. The van der Waals surface area contributed by atoms with E-state index in [4.69, 9.17) is 9.47 Å². The first-order valence-electron chi connectivity index (χ1n) is 9.07. The Labute approximate surface area is 153 Å². The number of non-ortho nitro benzene ring substituents is 1. The van der Waals surface area contributed by atoms with Crippen molar-refractivity contribution in [3.05, 3.63) is 34.4 Å². The Hall–Kier alpha value is -2.44. The summed E-state index contributed by atoms with van der Waals surface area (Å²) in [5.74, 6) is -0.153. The monoisotopic (exact) mass is 365 g/mol. The fourth-order valence-electron chi connectivity index (χ4n) is 2.38. The molecule has 0 aliphatic rings. The fourth-order valence-corrected chi connectivity index (χ4v) is 2.38. The molecule has 1 atom stereocenters. The number of hydrogen-bond donors (Lipinski definition) is 0. The topological polar surface area (TPSA) is 95.7 Å². The van der Waals surface area contributed by atoms with Gasteiger partial charge in [-0.05, 0) is 30.9 Å². The van der Waals surface area contributed by atoms with Gasteiger partial charge >= 0.3 is 11.9 Å². The maximum Gasteiger partial charge on any atom is 0.311 e. The van der Waals surface area contributed by atoms with Gasteiger partial charge in [-0.2, -0.15) is 0 Å². The van der Waals surface area contributed by atoms with Gasteiger partial charge in [0, 0.05) is 25.0 Å². The molecule has 0 aliphatic heterocycles. The minimum Gasteiger partial charge on any atom is -0.465 e. The maximum absolute atomic E-state index is 11.7. The summed E-state index contributed by atoms with van der Waals surface area (Å²) in [6.45, 7) is 4.65. The van der Waals surface area contributed by atoms with Crippen molar-refractivity contribution >= 4 is 17.6 Å². The summed E-state index contributed by atoms with van der Waals surface area (Å²) < 4.78 is 10.4. The molecule has 0 spiro atoms. The van der Waals surface area contributed by atoms with Gasteiger partial charge in [0.2, 0.25) is 0 Å². The van der Waals surface area contributed by atoms with Gasteiger partial charge in [0.15, 0.2) is 0 Å². The fraction of sp³-hybridized carbons (Fsp3) is 0.579. The summed E-state index contributed by atoms with van der Waals surface area (Å²) in [6, 6.07) is 5.27. The molecular formula is C19H27NO6. The molecule has 0 saturated heterocycles. The molecule has 1 unspecified atom stereocenters. The van der Waals surface area contributed by atoms with Crippen LogP contribution in [0.3, 0.4) is 0 Å². The van der Waals surface area contributed by atoms with E-state index in [2.05, 4.69) is 13.8 Å². The number of ether oxygens (including phenoxy) is 2. The Kier molecular flexibility index (Phi) is 9.97. The molecule has 0 aromatic heterocycles. The second-order valence-corrected chi connectivity index (χ2v) is 6.18. The molecule has 1 aromatic rings. The molecule has 0 aliphatic carbocycles. The molecule has 0 radical (unpaired) electrons. The highest BCUT2D eigenvalue weighted by Crippen LogP contribution is 2.18. The van der Waals surface area contributed by atoms with Crippen LogP contribution in [0.4, 0.5) is 5.69 Å². The summed E-state index contributed by atoms with van der Waals surface area (Å²) in [7, 11) is 0. The summed E-state index contributed by atoms with van der Waals surface area (Å²) in [5.41, 5.74) is -0.0723. The Morgan fingerprint density at radius 3 is 2.31 bits per heavy atom. The van der Waals surface area contributed by atoms with Crippen molar-refractivity contribution < 1.29 is 24.0 Å². The molecule has 0 fully saturated rings. The molecule has 1 rings (SSSR count). The second-order valence-electron chi connectivity index (χ2n) is 6.18. The largest absolute Gasteiger partial charge is 0.465 e. The third kappa shape index (κ3) is 8.60. The van der Waals surface area contributed by atoms with Crippen molar-refractivity contribution in [2.24, 2.45) is 5.92 Å². The third-order valence-electron chi connectivity index (χ3n) is 4.06. The predicted octanol–water partition coefficient (Wildman–Crippen LogP) is 4.43. The summed E-state index contributed by atoms with van der Waals surface area (Å²) >= 11 is 0. The average Bonchev–Trinajstić information content (AvgIpc) is 2.62. The first-order chi connectivity index (χ1) is 12.5. The van der Waals surface area contributed by atoms with Crippen LogP contribution in [-0.4, -0.2) is 23.5 Å². The lowest BCUT2D eigenvalue weighted by atomic mass is 10.0. The van der Waals surface area contributed by atoms with E-state index in [0.29, 0.717) is 18.9 Å². The number of carbonyl (C=O) groups excluding carboxylic acids is 2. The molecule has 26 heavy (non-hydrogen) atoms. The van der Waals surface area contributed by atoms with Crippen LogP contribution in [0.2, 0.25) is 0 Å². The Bertz CT molecular complexity index is 584. The number of nitro benzene ring substituents is 1. The normalized spacial score (nSPS) is 11.6. The van der Waals surface area contributed by atoms with E-state index in [0.717, 1.165) is 25.7 Å². The van der Waals surface area contributed by atoms with Crippen LogP contribution < -0.4 is 4.74 Å². The molecule has 7 heteroatoms. The zero-order valence-electron chi connectivity index (χ0n) is 15.4. The van der Waals surface area contributed by atoms with Crippen LogP contribution in [-0.2, 0) is 14.3 Å². The van der Waals surface area contributed by atoms with E-state index in [9.17, 15) is 19.7 Å². The van der Waals surface area contributed by atoms with E-state index < -0.39 is 10.9 Å². The molecule has 0 N–H and O–H groups in total. The number of unbranched alkanes of at least 4 members (excludes halogenated alkanes) is 1. The van der Waals surface area contributed by atoms with Gasteiger partial charge in [0.25, 0.3) is 5.69 Å². The van der Waals surface area contributed by atoms with Gasteiger partial charge in [-0.25, -0.2) is 0 Å². The van der Waals surface area contributed by atoms with Crippen LogP contribution in [0.5, 0.6) is 5.75 Å². The van der Waals surface area contributed by atoms with Crippen LogP contribution in [0.25, 0.3) is 0 Å². The van der Waals surface area contributed by atoms with Gasteiger partial charge in [-0.1, -0.05) is 33.1 Å². The Morgan fingerprint density at radius 1 is 1.08 bits per heavy atom. The lowest BCUT2D eigenvalue weighted by molar-refractivity contribution is -0.384. The first kappa shape index (κ1) is 21.6. The highest BCUT2D eigenvalue weighted by atomic mass is 16.6. The van der Waals surface area contributed by atoms with Crippen molar-refractivity contribution in [3.8, 4) is 5.75 Å². The molecule has 144 valence electrons. The van der Waals surface area contributed by atoms with Gasteiger partial charge in [0.1, 0.15) is 5.75 Å². The average molecular weight is 365 g/mol. The molecule has 0 saturated carbocycles. The number of esters is 2. The van der Waals surface area contributed by atoms with Crippen LogP contribution in [0.1, 0.15) is 58.8 Å². The van der Waals surface area contributed by atoms with E-state index in [1.807, 2.05) is 0 Å². The number of carbonyl (C=O) groups is 2. The zero-order chi connectivity index (χ0) is 19.4. The van der Waals surface area contributed by atoms with Crippen LogP contribution in [0, 0.1) is 16.0 Å². The van der Waals surface area contributed by atoms with Crippen molar-refractivity contribution in [2.45, 2.75) is 58.8 Å². The van der Waals surface area contributed by atoms with Crippen LogP contribution >= 0.6 is 0 Å². The first-order valence-corrected chi connectivity index (χ1v) is 9.07. The minimum atomic E-state index is -0.525. The number of nitro groups is 1. The SMILES string of the molecule is CCCCC(CC)COC(=O)CCCC(=O)Oc1ccc([N+](=O)[O-])cc1. The molecule has 0 amide bonds. The van der Waals surface area contributed by atoms with Crippen molar-refractivity contribution in [3.63, 3.8) is 0 Å². The maximum atomic E-state index is 11.7. The number of benzene rings is 1. The third-order valence-corrected chi connectivity index (χ3v) is 4.06. The van der Waals surface area contributed by atoms with Gasteiger partial charge in [0.05, 0.1) is 11.5 Å². The summed E-state index contributed by atoms with van der Waals surface area (Å²) in [6.07, 6.45) is 4.89. The van der Waals surface area contributed by atoms with E-state index in [1.165, 1.54) is 24.3 Å². The number of hydrogen-bond acceptors (Lipinski definition) is 6.